The average molecular weight is 428 g/mol. The number of methoxy groups -OCH3 is 1. The minimum atomic E-state index is -0.102. The molecular weight excluding hydrogens is 386 g/mol. The molecule has 2 N–H and O–H groups in total. The number of ether oxygens (including phenoxy) is 1. The van der Waals surface area contributed by atoms with E-state index in [1.54, 1.807) is 14.0 Å². The van der Waals surface area contributed by atoms with Gasteiger partial charge in [0.1, 0.15) is 17.3 Å². The van der Waals surface area contributed by atoms with Gasteiger partial charge in [0.05, 0.1) is 7.11 Å². The molecule has 0 bridgehead atoms. The van der Waals surface area contributed by atoms with Crippen molar-refractivity contribution in [2.75, 3.05) is 14.2 Å². The molecule has 0 aliphatic heterocycles. The number of hydrogen-bond acceptors (Lipinski definition) is 4. The Balaban J connectivity index is 0.00000132. The molecule has 0 aromatic heterocycles. The molecule has 4 nitrogen and oxygen atoms in total. The summed E-state index contributed by atoms with van der Waals surface area (Å²) in [5.74, 6) is 4.10. The van der Waals surface area contributed by atoms with E-state index in [0.29, 0.717) is 41.7 Å². The summed E-state index contributed by atoms with van der Waals surface area (Å²) in [5, 5.41) is 0. The van der Waals surface area contributed by atoms with Gasteiger partial charge in [-0.2, -0.15) is 0 Å². The second-order valence-corrected chi connectivity index (χ2v) is 10.0. The predicted octanol–water partition coefficient (Wildman–Crippen LogP) is 5.46. The van der Waals surface area contributed by atoms with Gasteiger partial charge in [0.25, 0.3) is 0 Å². The SMILES string of the molecule is CN.COc1ccc2c(c1)CCC1C2CCC2(C)C(=O)CC(CCCCCC(C)=O)C12. The Morgan fingerprint density at radius 3 is 2.68 bits per heavy atom. The number of Topliss-reactive ketones (excluding diaryl/α,β-unsaturated/α-hetero) is 2. The number of rotatable bonds is 7. The summed E-state index contributed by atoms with van der Waals surface area (Å²) in [6.07, 6.45) is 10.4. The summed E-state index contributed by atoms with van der Waals surface area (Å²) in [6.45, 7) is 3.95. The Morgan fingerprint density at radius 1 is 1.19 bits per heavy atom. The van der Waals surface area contributed by atoms with Gasteiger partial charge in [-0.15, -0.1) is 0 Å². The zero-order chi connectivity index (χ0) is 22.6. The zero-order valence-corrected chi connectivity index (χ0v) is 19.9. The van der Waals surface area contributed by atoms with Crippen LogP contribution in [0.2, 0.25) is 0 Å². The quantitative estimate of drug-likeness (QED) is 0.587. The molecule has 1 aromatic rings. The van der Waals surface area contributed by atoms with E-state index in [9.17, 15) is 9.59 Å². The number of unbranched alkanes of at least 4 members (excludes halogenated alkanes) is 2. The van der Waals surface area contributed by atoms with Crippen LogP contribution in [0, 0.1) is 23.2 Å². The summed E-state index contributed by atoms with van der Waals surface area (Å²) in [6, 6.07) is 6.63. The Hall–Kier alpha value is -1.68. The van der Waals surface area contributed by atoms with E-state index in [1.165, 1.54) is 24.6 Å². The summed E-state index contributed by atoms with van der Waals surface area (Å²) in [4.78, 5) is 24.2. The maximum atomic E-state index is 13.1. The molecule has 0 heterocycles. The normalized spacial score (nSPS) is 31.1. The van der Waals surface area contributed by atoms with E-state index in [4.69, 9.17) is 4.74 Å². The van der Waals surface area contributed by atoms with Gasteiger partial charge in [0, 0.05) is 18.3 Å². The highest BCUT2D eigenvalue weighted by Crippen LogP contribution is 2.62. The van der Waals surface area contributed by atoms with Crippen molar-refractivity contribution in [2.45, 2.75) is 84.0 Å². The van der Waals surface area contributed by atoms with Crippen LogP contribution in [-0.4, -0.2) is 25.7 Å². The van der Waals surface area contributed by atoms with Crippen LogP contribution >= 0.6 is 0 Å². The number of aryl methyl sites for hydroxylation is 1. The van der Waals surface area contributed by atoms with Crippen LogP contribution in [0.4, 0.5) is 0 Å². The van der Waals surface area contributed by atoms with Crippen molar-refractivity contribution < 1.29 is 14.3 Å². The molecule has 3 aliphatic carbocycles. The van der Waals surface area contributed by atoms with Crippen molar-refractivity contribution in [2.24, 2.45) is 28.9 Å². The molecule has 1 aromatic carbocycles. The number of benzene rings is 1. The third kappa shape index (κ3) is 4.74. The minimum absolute atomic E-state index is 0.102. The van der Waals surface area contributed by atoms with Gasteiger partial charge in [0.2, 0.25) is 0 Å². The van der Waals surface area contributed by atoms with Crippen molar-refractivity contribution in [3.8, 4) is 5.75 Å². The van der Waals surface area contributed by atoms with Crippen LogP contribution in [0.5, 0.6) is 5.75 Å². The summed E-state index contributed by atoms with van der Waals surface area (Å²) < 4.78 is 5.45. The lowest BCUT2D eigenvalue weighted by Gasteiger charge is -2.50. The lowest BCUT2D eigenvalue weighted by Crippen LogP contribution is -2.44. The Labute approximate surface area is 188 Å². The van der Waals surface area contributed by atoms with Crippen LogP contribution in [0.25, 0.3) is 0 Å². The highest BCUT2D eigenvalue weighted by Gasteiger charge is 2.58. The number of carbonyl (C=O) groups is 2. The van der Waals surface area contributed by atoms with E-state index >= 15 is 0 Å². The van der Waals surface area contributed by atoms with Crippen molar-refractivity contribution in [1.82, 2.24) is 0 Å². The number of hydrogen-bond donors (Lipinski definition) is 1. The van der Waals surface area contributed by atoms with E-state index in [-0.39, 0.29) is 5.41 Å². The molecule has 0 spiro atoms. The number of carbonyl (C=O) groups excluding carboxylic acids is 2. The van der Waals surface area contributed by atoms with E-state index < -0.39 is 0 Å². The largest absolute Gasteiger partial charge is 0.497 e. The number of ketones is 2. The molecule has 0 radical (unpaired) electrons. The van der Waals surface area contributed by atoms with Crippen LogP contribution in [0.15, 0.2) is 18.2 Å². The van der Waals surface area contributed by atoms with Gasteiger partial charge < -0.3 is 15.3 Å². The standard InChI is InChI=1S/C26H36O3.CH5N/c1-17(27)7-5-4-6-8-19-16-24(28)26(2)14-13-22-21-12-10-20(29-3)15-18(21)9-11-23(22)25(19)26;1-2/h10,12,15,19,22-23,25H,4-9,11,13-14,16H2,1-3H3;2H2,1H3. The molecule has 5 atom stereocenters. The van der Waals surface area contributed by atoms with Gasteiger partial charge in [0.15, 0.2) is 0 Å². The third-order valence-corrected chi connectivity index (χ3v) is 8.38. The van der Waals surface area contributed by atoms with E-state index in [2.05, 4.69) is 30.9 Å². The molecule has 0 saturated heterocycles. The van der Waals surface area contributed by atoms with Crippen molar-refractivity contribution in [1.29, 1.82) is 0 Å². The van der Waals surface area contributed by atoms with Gasteiger partial charge in [-0.1, -0.05) is 25.8 Å². The van der Waals surface area contributed by atoms with Crippen LogP contribution in [-0.2, 0) is 16.0 Å². The smallest absolute Gasteiger partial charge is 0.139 e. The minimum Gasteiger partial charge on any atom is -0.497 e. The fraction of sp³-hybridized carbons (Fsp3) is 0.704. The third-order valence-electron chi connectivity index (χ3n) is 8.38. The summed E-state index contributed by atoms with van der Waals surface area (Å²) in [5.41, 5.74) is 7.37. The first-order chi connectivity index (χ1) is 14.9. The molecule has 5 unspecified atom stereocenters. The van der Waals surface area contributed by atoms with Gasteiger partial charge in [-0.25, -0.2) is 0 Å². The molecule has 31 heavy (non-hydrogen) atoms. The highest BCUT2D eigenvalue weighted by molar-refractivity contribution is 5.87. The van der Waals surface area contributed by atoms with Gasteiger partial charge in [-0.3, -0.25) is 4.79 Å². The van der Waals surface area contributed by atoms with Crippen molar-refractivity contribution in [3.63, 3.8) is 0 Å². The predicted molar refractivity (Wildman–Crippen MR) is 125 cm³/mol. The molecule has 2 fully saturated rings. The first-order valence-corrected chi connectivity index (χ1v) is 12.2. The Morgan fingerprint density at radius 2 is 1.97 bits per heavy atom. The molecule has 4 heteroatoms. The zero-order valence-electron chi connectivity index (χ0n) is 19.9. The lowest BCUT2D eigenvalue weighted by atomic mass is 9.54. The molecule has 2 saturated carbocycles. The van der Waals surface area contributed by atoms with Gasteiger partial charge in [-0.05, 0) is 99.4 Å². The topological polar surface area (TPSA) is 69.4 Å². The molecular formula is C27H41NO3. The van der Waals surface area contributed by atoms with Crippen molar-refractivity contribution >= 4 is 11.6 Å². The second kappa shape index (κ2) is 10.3. The maximum absolute atomic E-state index is 13.1. The second-order valence-electron chi connectivity index (χ2n) is 10.0. The lowest BCUT2D eigenvalue weighted by molar-refractivity contribution is -0.129. The van der Waals surface area contributed by atoms with Crippen LogP contribution in [0.1, 0.15) is 88.7 Å². The number of fused-ring (bicyclic) bond motifs is 5. The van der Waals surface area contributed by atoms with Crippen LogP contribution in [0.3, 0.4) is 0 Å². The van der Waals surface area contributed by atoms with E-state index in [1.807, 2.05) is 0 Å². The van der Waals surface area contributed by atoms with Crippen molar-refractivity contribution in [3.05, 3.63) is 29.3 Å². The molecule has 3 aliphatic rings. The summed E-state index contributed by atoms with van der Waals surface area (Å²) >= 11 is 0. The van der Waals surface area contributed by atoms with Crippen LogP contribution < -0.4 is 10.5 Å². The highest BCUT2D eigenvalue weighted by atomic mass is 16.5. The molecule has 4 rings (SSSR count). The first-order valence-electron chi connectivity index (χ1n) is 12.2. The number of nitrogens with two attached hydrogens (primary N) is 1. The monoisotopic (exact) mass is 427 g/mol. The molecule has 172 valence electrons. The fourth-order valence-electron chi connectivity index (χ4n) is 6.97. The van der Waals surface area contributed by atoms with E-state index in [0.717, 1.165) is 57.1 Å². The Bertz CT molecular complexity index is 789. The van der Waals surface area contributed by atoms with Gasteiger partial charge >= 0.3 is 0 Å². The first kappa shape index (κ1) is 24.0. The Kier molecular flexibility index (Phi) is 7.96. The maximum Gasteiger partial charge on any atom is 0.139 e. The molecule has 0 amide bonds. The summed E-state index contributed by atoms with van der Waals surface area (Å²) in [7, 11) is 3.24. The average Bonchev–Trinajstić information content (AvgIpc) is 3.04. The fourth-order valence-corrected chi connectivity index (χ4v) is 6.97.